The van der Waals surface area contributed by atoms with Crippen molar-refractivity contribution in [3.63, 3.8) is 0 Å². The lowest BCUT2D eigenvalue weighted by molar-refractivity contribution is 0.0996. The van der Waals surface area contributed by atoms with E-state index in [-0.39, 0.29) is 12.1 Å². The zero-order valence-corrected chi connectivity index (χ0v) is 11.9. The summed E-state index contributed by atoms with van der Waals surface area (Å²) in [6.45, 7) is 6.35. The van der Waals surface area contributed by atoms with Gasteiger partial charge >= 0.3 is 0 Å². The molecule has 0 bridgehead atoms. The average Bonchev–Trinajstić information content (AvgIpc) is 3.09. The quantitative estimate of drug-likeness (QED) is 0.608. The second-order valence-electron chi connectivity index (χ2n) is 5.66. The Bertz CT molecular complexity index is 219. The highest BCUT2D eigenvalue weighted by Gasteiger charge is 2.44. The van der Waals surface area contributed by atoms with Crippen molar-refractivity contribution in [3.8, 4) is 0 Å². The Kier molecular flexibility index (Phi) is 5.86. The second kappa shape index (κ2) is 6.69. The number of nitrogens with one attached hydrogen (secondary N) is 1. The molecule has 0 spiro atoms. The van der Waals surface area contributed by atoms with E-state index in [9.17, 15) is 5.11 Å². The molecule has 0 aromatic heterocycles. The van der Waals surface area contributed by atoms with E-state index in [2.05, 4.69) is 43.2 Å². The molecule has 1 saturated carbocycles. The summed E-state index contributed by atoms with van der Waals surface area (Å²) in [4.78, 5) is 4.53. The number of rotatable bonds is 9. The van der Waals surface area contributed by atoms with Gasteiger partial charge < -0.3 is 20.2 Å². The van der Waals surface area contributed by atoms with E-state index >= 15 is 0 Å². The molecule has 1 rings (SSSR count). The number of likely N-dealkylation sites (N-methyl/N-ethyl adjacent to an activating group) is 3. The molecule has 0 aromatic carbocycles. The maximum Gasteiger partial charge on any atom is 0.0628 e. The molecule has 102 valence electrons. The molecule has 0 aromatic rings. The van der Waals surface area contributed by atoms with Crippen LogP contribution in [0.15, 0.2) is 0 Å². The molecule has 0 heterocycles. The molecule has 4 heteroatoms. The van der Waals surface area contributed by atoms with Gasteiger partial charge in [0.2, 0.25) is 0 Å². The summed E-state index contributed by atoms with van der Waals surface area (Å²) < 4.78 is 0. The van der Waals surface area contributed by atoms with Crippen LogP contribution in [0.4, 0.5) is 0 Å². The Balaban J connectivity index is 2.47. The molecule has 2 N–H and O–H groups in total. The Morgan fingerprint density at radius 3 is 2.29 bits per heavy atom. The van der Waals surface area contributed by atoms with E-state index in [1.165, 1.54) is 12.8 Å². The van der Waals surface area contributed by atoms with E-state index in [0.717, 1.165) is 26.2 Å². The van der Waals surface area contributed by atoms with Crippen LogP contribution in [0.3, 0.4) is 0 Å². The first-order chi connectivity index (χ1) is 8.04. The van der Waals surface area contributed by atoms with Gasteiger partial charge in [-0.1, -0.05) is 6.92 Å². The number of hydrogen-bond donors (Lipinski definition) is 2. The van der Waals surface area contributed by atoms with Crippen molar-refractivity contribution in [1.82, 2.24) is 15.1 Å². The SMILES string of the molecule is CCNC(CO)(CN(C)CCN(C)C)C1CC1. The zero-order chi connectivity index (χ0) is 12.9. The predicted molar refractivity (Wildman–Crippen MR) is 72.3 cm³/mol. The number of hydrogen-bond acceptors (Lipinski definition) is 4. The largest absolute Gasteiger partial charge is 0.394 e. The van der Waals surface area contributed by atoms with Crippen molar-refractivity contribution >= 4 is 0 Å². The predicted octanol–water partition coefficient (Wildman–Crippen LogP) is 0.230. The summed E-state index contributed by atoms with van der Waals surface area (Å²) in [5, 5.41) is 13.3. The van der Waals surface area contributed by atoms with E-state index in [0.29, 0.717) is 5.92 Å². The lowest BCUT2D eigenvalue weighted by Gasteiger charge is -2.37. The Labute approximate surface area is 106 Å². The Morgan fingerprint density at radius 1 is 1.24 bits per heavy atom. The van der Waals surface area contributed by atoms with Crippen LogP contribution in [0.25, 0.3) is 0 Å². The number of aliphatic hydroxyl groups excluding tert-OH is 1. The van der Waals surface area contributed by atoms with E-state index < -0.39 is 0 Å². The topological polar surface area (TPSA) is 38.7 Å². The van der Waals surface area contributed by atoms with Gasteiger partial charge in [-0.3, -0.25) is 0 Å². The van der Waals surface area contributed by atoms with Gasteiger partial charge in [-0.05, 0) is 46.4 Å². The van der Waals surface area contributed by atoms with Crippen LogP contribution in [0.2, 0.25) is 0 Å². The van der Waals surface area contributed by atoms with Crippen molar-refractivity contribution in [2.24, 2.45) is 5.92 Å². The molecule has 0 aliphatic heterocycles. The fourth-order valence-corrected chi connectivity index (χ4v) is 2.48. The van der Waals surface area contributed by atoms with Crippen molar-refractivity contribution in [1.29, 1.82) is 0 Å². The molecule has 4 nitrogen and oxygen atoms in total. The molecule has 1 fully saturated rings. The fraction of sp³-hybridized carbons (Fsp3) is 1.00. The maximum absolute atomic E-state index is 9.74. The van der Waals surface area contributed by atoms with Crippen LogP contribution in [-0.4, -0.2) is 74.4 Å². The molecular weight excluding hydrogens is 214 g/mol. The van der Waals surface area contributed by atoms with Crippen molar-refractivity contribution < 1.29 is 5.11 Å². The van der Waals surface area contributed by atoms with E-state index in [4.69, 9.17) is 0 Å². The van der Waals surface area contributed by atoms with Crippen LogP contribution >= 0.6 is 0 Å². The van der Waals surface area contributed by atoms with Gasteiger partial charge in [0.05, 0.1) is 12.1 Å². The van der Waals surface area contributed by atoms with Gasteiger partial charge in [0.1, 0.15) is 0 Å². The summed E-state index contributed by atoms with van der Waals surface area (Å²) >= 11 is 0. The summed E-state index contributed by atoms with van der Waals surface area (Å²) in [7, 11) is 6.34. The molecule has 1 aliphatic rings. The van der Waals surface area contributed by atoms with Crippen LogP contribution < -0.4 is 5.32 Å². The molecular formula is C13H29N3O. The smallest absolute Gasteiger partial charge is 0.0628 e. The lowest BCUT2D eigenvalue weighted by atomic mass is 9.93. The van der Waals surface area contributed by atoms with Crippen LogP contribution in [0, 0.1) is 5.92 Å². The first-order valence-electron chi connectivity index (χ1n) is 6.73. The third kappa shape index (κ3) is 4.54. The molecule has 0 amide bonds. The highest BCUT2D eigenvalue weighted by Crippen LogP contribution is 2.39. The molecule has 1 unspecified atom stereocenters. The first kappa shape index (κ1) is 14.9. The van der Waals surface area contributed by atoms with Gasteiger partial charge in [0, 0.05) is 19.6 Å². The number of nitrogens with zero attached hydrogens (tertiary/aromatic N) is 2. The van der Waals surface area contributed by atoms with Crippen LogP contribution in [0.5, 0.6) is 0 Å². The number of aliphatic hydroxyl groups is 1. The zero-order valence-electron chi connectivity index (χ0n) is 11.9. The molecule has 0 radical (unpaired) electrons. The summed E-state index contributed by atoms with van der Waals surface area (Å²) in [5.74, 6) is 0.661. The minimum absolute atomic E-state index is 0.0736. The highest BCUT2D eigenvalue weighted by atomic mass is 16.3. The fourth-order valence-electron chi connectivity index (χ4n) is 2.48. The van der Waals surface area contributed by atoms with E-state index in [1.54, 1.807) is 0 Å². The van der Waals surface area contributed by atoms with Gasteiger partial charge in [0.15, 0.2) is 0 Å². The second-order valence-corrected chi connectivity index (χ2v) is 5.66. The molecule has 17 heavy (non-hydrogen) atoms. The maximum atomic E-state index is 9.74. The first-order valence-corrected chi connectivity index (χ1v) is 6.73. The highest BCUT2D eigenvalue weighted by molar-refractivity contribution is 5.02. The van der Waals surface area contributed by atoms with E-state index in [1.807, 2.05) is 0 Å². The Hall–Kier alpha value is -0.160. The van der Waals surface area contributed by atoms with Gasteiger partial charge in [-0.25, -0.2) is 0 Å². The van der Waals surface area contributed by atoms with Crippen LogP contribution in [0.1, 0.15) is 19.8 Å². The standard InChI is InChI=1S/C13H29N3O/c1-5-14-13(11-17,12-6-7-12)10-16(4)9-8-15(2)3/h12,14,17H,5-11H2,1-4H3. The third-order valence-corrected chi connectivity index (χ3v) is 3.65. The van der Waals surface area contributed by atoms with Gasteiger partial charge in [-0.15, -0.1) is 0 Å². The summed E-state index contributed by atoms with van der Waals surface area (Å²) in [6.07, 6.45) is 2.52. The van der Waals surface area contributed by atoms with Gasteiger partial charge in [-0.2, -0.15) is 0 Å². The minimum atomic E-state index is -0.0736. The lowest BCUT2D eigenvalue weighted by Crippen LogP contribution is -2.57. The Morgan fingerprint density at radius 2 is 1.88 bits per heavy atom. The molecule has 1 aliphatic carbocycles. The monoisotopic (exact) mass is 243 g/mol. The molecule has 0 saturated heterocycles. The van der Waals surface area contributed by atoms with Crippen LogP contribution in [-0.2, 0) is 0 Å². The summed E-state index contributed by atoms with van der Waals surface area (Å²) in [6, 6.07) is 0. The minimum Gasteiger partial charge on any atom is -0.394 e. The average molecular weight is 243 g/mol. The molecule has 1 atom stereocenters. The third-order valence-electron chi connectivity index (χ3n) is 3.65. The summed E-state index contributed by atoms with van der Waals surface area (Å²) in [5.41, 5.74) is -0.0736. The van der Waals surface area contributed by atoms with Crippen molar-refractivity contribution in [2.45, 2.75) is 25.3 Å². The van der Waals surface area contributed by atoms with Gasteiger partial charge in [0.25, 0.3) is 0 Å². The van der Waals surface area contributed by atoms with Crippen molar-refractivity contribution in [3.05, 3.63) is 0 Å². The normalized spacial score (nSPS) is 19.9. The van der Waals surface area contributed by atoms with Crippen molar-refractivity contribution in [2.75, 3.05) is 53.9 Å².